The second kappa shape index (κ2) is 5.88. The first-order valence-electron chi connectivity index (χ1n) is 6.19. The molecule has 0 bridgehead atoms. The third kappa shape index (κ3) is 3.35. The summed E-state index contributed by atoms with van der Waals surface area (Å²) in [7, 11) is 0. The number of halogens is 1. The van der Waals surface area contributed by atoms with Crippen molar-refractivity contribution >= 4 is 17.3 Å². The summed E-state index contributed by atoms with van der Waals surface area (Å²) < 4.78 is 19.2. The molecule has 19 heavy (non-hydrogen) atoms. The molecule has 0 aliphatic carbocycles. The summed E-state index contributed by atoms with van der Waals surface area (Å²) in [6.07, 6.45) is 0. The Hall–Kier alpha value is -1.82. The molecule has 1 aliphatic heterocycles. The fraction of sp³-hybridized carbons (Fsp3) is 0.462. The van der Waals surface area contributed by atoms with E-state index >= 15 is 0 Å². The van der Waals surface area contributed by atoms with Gasteiger partial charge in [0.15, 0.2) is 0 Å². The molecule has 1 aromatic carbocycles. The number of nitrogens with zero attached hydrogens (tertiary/aromatic N) is 1. The van der Waals surface area contributed by atoms with Crippen LogP contribution in [0.4, 0.5) is 15.8 Å². The second-order valence-electron chi connectivity index (χ2n) is 4.47. The fourth-order valence-electron chi connectivity index (χ4n) is 1.97. The van der Waals surface area contributed by atoms with Crippen molar-refractivity contribution in [1.29, 1.82) is 0 Å². The topological polar surface area (TPSA) is 61.8 Å². The summed E-state index contributed by atoms with van der Waals surface area (Å²) in [5.74, 6) is -1.33. The largest absolute Gasteiger partial charge is 0.480 e. The monoisotopic (exact) mass is 268 g/mol. The Morgan fingerprint density at radius 1 is 1.47 bits per heavy atom. The number of anilines is 2. The SMILES string of the molecule is CC(Nc1ccc(N2CCOCC2)c(F)c1)C(=O)O. The minimum atomic E-state index is -0.974. The predicted molar refractivity (Wildman–Crippen MR) is 70.2 cm³/mol. The highest BCUT2D eigenvalue weighted by Gasteiger charge is 2.16. The van der Waals surface area contributed by atoms with E-state index in [2.05, 4.69) is 5.32 Å². The molecule has 2 rings (SSSR count). The van der Waals surface area contributed by atoms with Gasteiger partial charge in [-0.3, -0.25) is 4.79 Å². The molecular weight excluding hydrogens is 251 g/mol. The number of nitrogens with one attached hydrogen (secondary N) is 1. The van der Waals surface area contributed by atoms with Crippen molar-refractivity contribution in [3.05, 3.63) is 24.0 Å². The summed E-state index contributed by atoms with van der Waals surface area (Å²) in [5.41, 5.74) is 0.987. The second-order valence-corrected chi connectivity index (χ2v) is 4.47. The van der Waals surface area contributed by atoms with Crippen molar-refractivity contribution in [2.45, 2.75) is 13.0 Å². The molecule has 0 aromatic heterocycles. The maximum atomic E-state index is 14.0. The molecular formula is C13H17FN2O3. The van der Waals surface area contributed by atoms with Crippen LogP contribution in [0.15, 0.2) is 18.2 Å². The van der Waals surface area contributed by atoms with Gasteiger partial charge in [0.05, 0.1) is 18.9 Å². The van der Waals surface area contributed by atoms with Crippen LogP contribution in [0.25, 0.3) is 0 Å². The molecule has 1 fully saturated rings. The third-order valence-electron chi connectivity index (χ3n) is 3.05. The van der Waals surface area contributed by atoms with Crippen LogP contribution < -0.4 is 10.2 Å². The van der Waals surface area contributed by atoms with E-state index in [1.165, 1.54) is 13.0 Å². The Kier molecular flexibility index (Phi) is 4.21. The molecule has 1 aromatic rings. The molecule has 0 spiro atoms. The zero-order valence-corrected chi connectivity index (χ0v) is 10.7. The summed E-state index contributed by atoms with van der Waals surface area (Å²) in [4.78, 5) is 12.6. The minimum absolute atomic E-state index is 0.357. The van der Waals surface area contributed by atoms with Crippen LogP contribution in [0.1, 0.15) is 6.92 Å². The van der Waals surface area contributed by atoms with Crippen molar-refractivity contribution in [1.82, 2.24) is 0 Å². The lowest BCUT2D eigenvalue weighted by Gasteiger charge is -2.29. The smallest absolute Gasteiger partial charge is 0.325 e. The van der Waals surface area contributed by atoms with Crippen LogP contribution in [0, 0.1) is 5.82 Å². The maximum absolute atomic E-state index is 14.0. The van der Waals surface area contributed by atoms with Crippen LogP contribution in [0.5, 0.6) is 0 Å². The number of carboxylic acids is 1. The Balaban J connectivity index is 2.10. The molecule has 0 radical (unpaired) electrons. The predicted octanol–water partition coefficient (Wildman–Crippen LogP) is 1.55. The van der Waals surface area contributed by atoms with E-state index in [1.54, 1.807) is 12.1 Å². The number of carboxylic acid groups (broad SMARTS) is 1. The Morgan fingerprint density at radius 2 is 2.16 bits per heavy atom. The van der Waals surface area contributed by atoms with Gasteiger partial charge in [-0.2, -0.15) is 0 Å². The van der Waals surface area contributed by atoms with Gasteiger partial charge in [-0.25, -0.2) is 4.39 Å². The zero-order chi connectivity index (χ0) is 13.8. The molecule has 0 saturated carbocycles. The number of morpholine rings is 1. The average Bonchev–Trinajstić information content (AvgIpc) is 2.39. The van der Waals surface area contributed by atoms with Gasteiger partial charge in [0.25, 0.3) is 0 Å². The van der Waals surface area contributed by atoms with Crippen molar-refractivity contribution in [3.63, 3.8) is 0 Å². The molecule has 2 N–H and O–H groups in total. The highest BCUT2D eigenvalue weighted by Crippen LogP contribution is 2.24. The number of hydrogen-bond donors (Lipinski definition) is 2. The van der Waals surface area contributed by atoms with Crippen LogP contribution >= 0.6 is 0 Å². The van der Waals surface area contributed by atoms with Crippen LogP contribution in [0.3, 0.4) is 0 Å². The van der Waals surface area contributed by atoms with E-state index in [0.29, 0.717) is 37.7 Å². The lowest BCUT2D eigenvalue weighted by Crippen LogP contribution is -2.36. The Bertz CT molecular complexity index is 461. The lowest BCUT2D eigenvalue weighted by atomic mass is 10.2. The van der Waals surface area contributed by atoms with E-state index < -0.39 is 12.0 Å². The first kappa shape index (κ1) is 13.6. The molecule has 5 nitrogen and oxygen atoms in total. The molecule has 0 amide bonds. The number of ether oxygens (including phenoxy) is 1. The normalized spacial score (nSPS) is 17.1. The first-order chi connectivity index (χ1) is 9.08. The van der Waals surface area contributed by atoms with Gasteiger partial charge in [-0.1, -0.05) is 0 Å². The van der Waals surface area contributed by atoms with E-state index in [9.17, 15) is 9.18 Å². The van der Waals surface area contributed by atoms with Gasteiger partial charge < -0.3 is 20.1 Å². The number of hydrogen-bond acceptors (Lipinski definition) is 4. The first-order valence-corrected chi connectivity index (χ1v) is 6.19. The molecule has 1 saturated heterocycles. The quantitative estimate of drug-likeness (QED) is 0.867. The lowest BCUT2D eigenvalue weighted by molar-refractivity contribution is -0.137. The Morgan fingerprint density at radius 3 is 2.74 bits per heavy atom. The van der Waals surface area contributed by atoms with Gasteiger partial charge >= 0.3 is 5.97 Å². The average molecular weight is 268 g/mol. The Labute approximate surface area is 111 Å². The number of benzene rings is 1. The van der Waals surface area contributed by atoms with Gasteiger partial charge in [-0.05, 0) is 25.1 Å². The van der Waals surface area contributed by atoms with Crippen LogP contribution in [-0.2, 0) is 9.53 Å². The molecule has 1 atom stereocenters. The zero-order valence-electron chi connectivity index (χ0n) is 10.7. The highest BCUT2D eigenvalue weighted by molar-refractivity contribution is 5.77. The van der Waals surface area contributed by atoms with Crippen molar-refractivity contribution in [2.75, 3.05) is 36.5 Å². The van der Waals surface area contributed by atoms with Gasteiger partial charge in [0.1, 0.15) is 11.9 Å². The summed E-state index contributed by atoms with van der Waals surface area (Å²) >= 11 is 0. The molecule has 1 aliphatic rings. The van der Waals surface area contributed by atoms with Crippen LogP contribution in [-0.4, -0.2) is 43.4 Å². The fourth-order valence-corrected chi connectivity index (χ4v) is 1.97. The molecule has 1 unspecified atom stereocenters. The highest BCUT2D eigenvalue weighted by atomic mass is 19.1. The van der Waals surface area contributed by atoms with Crippen molar-refractivity contribution < 1.29 is 19.0 Å². The van der Waals surface area contributed by atoms with Crippen molar-refractivity contribution in [3.8, 4) is 0 Å². The van der Waals surface area contributed by atoms with E-state index in [-0.39, 0.29) is 5.82 Å². The van der Waals surface area contributed by atoms with Gasteiger partial charge in [0.2, 0.25) is 0 Å². The summed E-state index contributed by atoms with van der Waals surface area (Å²) in [6.45, 7) is 4.02. The van der Waals surface area contributed by atoms with Gasteiger partial charge in [-0.15, -0.1) is 0 Å². The standard InChI is InChI=1S/C13H17FN2O3/c1-9(13(17)18)15-10-2-3-12(11(14)8-10)16-4-6-19-7-5-16/h2-3,8-9,15H,4-7H2,1H3,(H,17,18). The summed E-state index contributed by atoms with van der Waals surface area (Å²) in [5, 5.41) is 11.5. The molecule has 6 heteroatoms. The summed E-state index contributed by atoms with van der Waals surface area (Å²) in [6, 6.07) is 3.92. The van der Waals surface area contributed by atoms with E-state index in [0.717, 1.165) is 0 Å². The third-order valence-corrected chi connectivity index (χ3v) is 3.05. The van der Waals surface area contributed by atoms with Crippen LogP contribution in [0.2, 0.25) is 0 Å². The molecule has 104 valence electrons. The molecule has 1 heterocycles. The van der Waals surface area contributed by atoms with Gasteiger partial charge in [0, 0.05) is 18.8 Å². The van der Waals surface area contributed by atoms with E-state index in [4.69, 9.17) is 9.84 Å². The number of aliphatic carboxylic acids is 1. The minimum Gasteiger partial charge on any atom is -0.480 e. The van der Waals surface area contributed by atoms with E-state index in [1.807, 2.05) is 4.90 Å². The number of rotatable bonds is 4. The maximum Gasteiger partial charge on any atom is 0.325 e. The van der Waals surface area contributed by atoms with Crippen molar-refractivity contribution in [2.24, 2.45) is 0 Å². The number of carbonyl (C=O) groups is 1.